The molecule has 0 aliphatic carbocycles. The van der Waals surface area contributed by atoms with E-state index in [0.29, 0.717) is 13.0 Å². The lowest BCUT2D eigenvalue weighted by atomic mass is 9.99. The molecule has 9 heteroatoms. The quantitative estimate of drug-likeness (QED) is 0.774. The van der Waals surface area contributed by atoms with Crippen molar-refractivity contribution in [2.24, 2.45) is 11.7 Å². The summed E-state index contributed by atoms with van der Waals surface area (Å²) in [5.74, 6) is -2.69. The smallest absolute Gasteiger partial charge is 0.475 e. The Morgan fingerprint density at radius 1 is 1.43 bits per heavy atom. The zero-order valence-corrected chi connectivity index (χ0v) is 11.9. The SMILES string of the molecule is CC[C@H](C)[C@H](N)C(=O)N1CCC(F)C1.O=C(O)C(F)(F)F. The fourth-order valence-corrected chi connectivity index (χ4v) is 1.63. The van der Waals surface area contributed by atoms with E-state index in [0.717, 1.165) is 6.42 Å². The first kappa shape index (κ1) is 19.6. The zero-order chi connectivity index (χ0) is 16.8. The number of hydrogen-bond donors (Lipinski definition) is 2. The number of rotatable bonds is 3. The largest absolute Gasteiger partial charge is 0.490 e. The van der Waals surface area contributed by atoms with Crippen LogP contribution in [-0.4, -0.2) is 53.4 Å². The number of carboxylic acid groups (broad SMARTS) is 1. The van der Waals surface area contributed by atoms with E-state index >= 15 is 0 Å². The molecule has 3 atom stereocenters. The van der Waals surface area contributed by atoms with Gasteiger partial charge >= 0.3 is 12.1 Å². The van der Waals surface area contributed by atoms with E-state index in [-0.39, 0.29) is 18.4 Å². The molecule has 1 heterocycles. The van der Waals surface area contributed by atoms with Gasteiger partial charge in [-0.2, -0.15) is 13.2 Å². The summed E-state index contributed by atoms with van der Waals surface area (Å²) in [6.45, 7) is 4.69. The third-order valence-corrected chi connectivity index (χ3v) is 3.23. The Bertz CT molecular complexity index is 359. The van der Waals surface area contributed by atoms with Crippen molar-refractivity contribution in [3.05, 3.63) is 0 Å². The lowest BCUT2D eigenvalue weighted by Gasteiger charge is -2.23. The summed E-state index contributed by atoms with van der Waals surface area (Å²) in [6, 6.07) is -0.467. The molecule has 0 aromatic carbocycles. The highest BCUT2D eigenvalue weighted by molar-refractivity contribution is 5.82. The van der Waals surface area contributed by atoms with Crippen molar-refractivity contribution in [3.63, 3.8) is 0 Å². The van der Waals surface area contributed by atoms with Gasteiger partial charge in [-0.15, -0.1) is 0 Å². The summed E-state index contributed by atoms with van der Waals surface area (Å²) in [4.78, 5) is 22.2. The van der Waals surface area contributed by atoms with Gasteiger partial charge in [0.1, 0.15) is 6.17 Å². The van der Waals surface area contributed by atoms with Gasteiger partial charge in [0.15, 0.2) is 0 Å². The molecule has 1 aliphatic heterocycles. The van der Waals surface area contributed by atoms with Gasteiger partial charge in [-0.1, -0.05) is 20.3 Å². The number of alkyl halides is 4. The van der Waals surface area contributed by atoms with E-state index in [2.05, 4.69) is 0 Å². The number of carboxylic acids is 1. The molecule has 0 spiro atoms. The van der Waals surface area contributed by atoms with Crippen LogP contribution in [0.4, 0.5) is 17.6 Å². The van der Waals surface area contributed by atoms with E-state index < -0.39 is 24.4 Å². The van der Waals surface area contributed by atoms with E-state index in [4.69, 9.17) is 15.6 Å². The Morgan fingerprint density at radius 3 is 2.19 bits per heavy atom. The van der Waals surface area contributed by atoms with Crippen LogP contribution >= 0.6 is 0 Å². The average molecular weight is 316 g/mol. The van der Waals surface area contributed by atoms with Crippen LogP contribution in [0, 0.1) is 5.92 Å². The standard InChI is InChI=1S/C10H19FN2O.C2HF3O2/c1-3-7(2)9(12)10(14)13-5-4-8(11)6-13;3-2(4,5)1(6)7/h7-9H,3-6,12H2,1-2H3;(H,6,7)/t7-,8?,9-;/m0./s1. The molecule has 21 heavy (non-hydrogen) atoms. The third kappa shape index (κ3) is 6.74. The highest BCUT2D eigenvalue weighted by atomic mass is 19.4. The van der Waals surface area contributed by atoms with Crippen molar-refractivity contribution in [3.8, 4) is 0 Å². The Morgan fingerprint density at radius 2 is 1.90 bits per heavy atom. The molecule has 124 valence electrons. The van der Waals surface area contributed by atoms with Crippen molar-refractivity contribution in [2.75, 3.05) is 13.1 Å². The number of carbonyl (C=O) groups excluding carboxylic acids is 1. The predicted octanol–water partition coefficient (Wildman–Crippen LogP) is 1.56. The second-order valence-corrected chi connectivity index (χ2v) is 4.88. The summed E-state index contributed by atoms with van der Waals surface area (Å²) in [5.41, 5.74) is 5.78. The molecule has 0 radical (unpaired) electrons. The molecule has 0 aromatic rings. The number of carbonyl (C=O) groups is 2. The fourth-order valence-electron chi connectivity index (χ4n) is 1.63. The van der Waals surface area contributed by atoms with Gasteiger partial charge in [0.25, 0.3) is 0 Å². The number of halogens is 4. The van der Waals surface area contributed by atoms with Crippen LogP contribution in [-0.2, 0) is 9.59 Å². The lowest BCUT2D eigenvalue weighted by Crippen LogP contribution is -2.46. The summed E-state index contributed by atoms with van der Waals surface area (Å²) in [7, 11) is 0. The highest BCUT2D eigenvalue weighted by Crippen LogP contribution is 2.16. The van der Waals surface area contributed by atoms with Crippen LogP contribution in [0.5, 0.6) is 0 Å². The summed E-state index contributed by atoms with van der Waals surface area (Å²) < 4.78 is 44.6. The van der Waals surface area contributed by atoms with Crippen molar-refractivity contribution in [2.45, 2.75) is 45.1 Å². The molecule has 0 aromatic heterocycles. The minimum Gasteiger partial charge on any atom is -0.475 e. The molecule has 1 fully saturated rings. The summed E-state index contributed by atoms with van der Waals surface area (Å²) in [5, 5.41) is 7.12. The maximum absolute atomic E-state index is 12.8. The number of nitrogens with zero attached hydrogens (tertiary/aromatic N) is 1. The molecule has 3 N–H and O–H groups in total. The number of likely N-dealkylation sites (tertiary alicyclic amines) is 1. The fraction of sp³-hybridized carbons (Fsp3) is 0.833. The van der Waals surface area contributed by atoms with Crippen LogP contribution < -0.4 is 5.73 Å². The number of aliphatic carboxylic acids is 1. The number of hydrogen-bond acceptors (Lipinski definition) is 3. The average Bonchev–Trinajstić information content (AvgIpc) is 2.82. The maximum atomic E-state index is 12.8. The molecule has 1 rings (SSSR count). The first-order valence-electron chi connectivity index (χ1n) is 6.49. The molecule has 1 saturated heterocycles. The van der Waals surface area contributed by atoms with Crippen molar-refractivity contribution in [1.82, 2.24) is 4.90 Å². The summed E-state index contributed by atoms with van der Waals surface area (Å²) in [6.07, 6.45) is -4.61. The first-order chi connectivity index (χ1) is 9.50. The Hall–Kier alpha value is -1.38. The topological polar surface area (TPSA) is 83.6 Å². The van der Waals surface area contributed by atoms with Crippen LogP contribution in [0.25, 0.3) is 0 Å². The Balaban J connectivity index is 0.000000486. The van der Waals surface area contributed by atoms with Crippen molar-refractivity contribution < 1.29 is 32.3 Å². The summed E-state index contributed by atoms with van der Waals surface area (Å²) >= 11 is 0. The molecule has 1 amide bonds. The third-order valence-electron chi connectivity index (χ3n) is 3.23. The minimum absolute atomic E-state index is 0.0977. The van der Waals surface area contributed by atoms with Gasteiger partial charge in [0.05, 0.1) is 12.6 Å². The van der Waals surface area contributed by atoms with Crippen LogP contribution in [0.3, 0.4) is 0 Å². The molecule has 0 saturated carbocycles. The van der Waals surface area contributed by atoms with Gasteiger partial charge in [0, 0.05) is 6.54 Å². The second kappa shape index (κ2) is 8.16. The van der Waals surface area contributed by atoms with Crippen molar-refractivity contribution >= 4 is 11.9 Å². The Kier molecular flexibility index (Phi) is 7.62. The monoisotopic (exact) mass is 316 g/mol. The lowest BCUT2D eigenvalue weighted by molar-refractivity contribution is -0.192. The van der Waals surface area contributed by atoms with E-state index in [9.17, 15) is 22.4 Å². The van der Waals surface area contributed by atoms with E-state index in [1.807, 2.05) is 13.8 Å². The van der Waals surface area contributed by atoms with E-state index in [1.54, 1.807) is 4.90 Å². The van der Waals surface area contributed by atoms with Gasteiger partial charge in [-0.25, -0.2) is 9.18 Å². The van der Waals surface area contributed by atoms with Crippen LogP contribution in [0.1, 0.15) is 26.7 Å². The number of amides is 1. The second-order valence-electron chi connectivity index (χ2n) is 4.88. The molecular weight excluding hydrogens is 296 g/mol. The van der Waals surface area contributed by atoms with Crippen LogP contribution in [0.15, 0.2) is 0 Å². The molecule has 1 unspecified atom stereocenters. The van der Waals surface area contributed by atoms with Gasteiger partial charge < -0.3 is 15.7 Å². The maximum Gasteiger partial charge on any atom is 0.490 e. The van der Waals surface area contributed by atoms with Gasteiger partial charge in [0.2, 0.25) is 5.91 Å². The van der Waals surface area contributed by atoms with E-state index in [1.165, 1.54) is 0 Å². The highest BCUT2D eigenvalue weighted by Gasteiger charge is 2.38. The predicted molar refractivity (Wildman–Crippen MR) is 67.2 cm³/mol. The minimum atomic E-state index is -5.08. The molecule has 1 aliphatic rings. The van der Waals surface area contributed by atoms with Crippen LogP contribution in [0.2, 0.25) is 0 Å². The zero-order valence-electron chi connectivity index (χ0n) is 11.9. The van der Waals surface area contributed by atoms with Gasteiger partial charge in [-0.05, 0) is 12.3 Å². The first-order valence-corrected chi connectivity index (χ1v) is 6.49. The normalized spacial score (nSPS) is 21.3. The number of nitrogens with two attached hydrogens (primary N) is 1. The molecule has 5 nitrogen and oxygen atoms in total. The molecule has 0 bridgehead atoms. The Labute approximate surface area is 120 Å². The molecular formula is C12H20F4N2O3. The van der Waals surface area contributed by atoms with Crippen molar-refractivity contribution in [1.29, 1.82) is 0 Å². The van der Waals surface area contributed by atoms with Gasteiger partial charge in [-0.3, -0.25) is 4.79 Å².